The predicted octanol–water partition coefficient (Wildman–Crippen LogP) is 11.6. The monoisotopic (exact) mass is 1300 g/mol. The standard InChI is InChI=1S/C38H56N4O4.C29H52N6O4.C2H6.5CH4.2H2/c1-7-42-35-12-11-30(40-14-9-8-10-15-40)21-32(35)34(22-38(3,4)25-46-26-43)37(42)33-20-29(23-39(5)36(33)27(2)44-6)28-13-16-41-17-18-45-24-31(41)19-28;1-21(2)22(3)12-33(25-15-38-16-25)13-24-8-7-10-32(24)14-26(36)31-27(28(37)35-11-6-5-9-30-35)23(4)34-17-29(18-34)19-39-20-29;1-2;;;;;;;/h11-12,20-21,26-28,31H,7-10,13-19,22-25H2,1-6H3;21-25,27,30H,5-20H2,1-4H3,(H,31,36);1-2H3;5*1H4;2*1H/t27-,28+,31-;22?,23-,24+,27+;;;;;;;;/m01......../s1. The zero-order valence-corrected chi connectivity index (χ0v) is 55.8. The van der Waals surface area contributed by atoms with Crippen LogP contribution in [0.4, 0.5) is 5.69 Å². The number of rotatable bonds is 23. The van der Waals surface area contributed by atoms with Crippen LogP contribution in [0.1, 0.15) is 178 Å². The smallest absolute Gasteiger partial charge is 0.293 e. The molecule has 18 heteroatoms. The first-order chi connectivity index (χ1) is 42.0. The minimum atomic E-state index is -0.557. The summed E-state index contributed by atoms with van der Waals surface area (Å²) in [5, 5.41) is 6.25. The van der Waals surface area contributed by atoms with Gasteiger partial charge in [-0.3, -0.25) is 39.0 Å². The van der Waals surface area contributed by atoms with Crippen LogP contribution in [0.3, 0.4) is 0 Å². The van der Waals surface area contributed by atoms with Crippen molar-refractivity contribution in [3.8, 4) is 0 Å². The average Bonchev–Trinajstić information content (AvgIpc) is 1.48. The highest BCUT2D eigenvalue weighted by atomic mass is 16.5. The van der Waals surface area contributed by atoms with Crippen LogP contribution in [0.15, 0.2) is 35.5 Å². The molecule has 8 fully saturated rings. The number of aryl methyl sites for hydroxylation is 1. The van der Waals surface area contributed by atoms with Crippen LogP contribution in [0.5, 0.6) is 0 Å². The second kappa shape index (κ2) is 36.8. The van der Waals surface area contributed by atoms with E-state index in [2.05, 4.69) is 131 Å². The molecule has 0 aliphatic carbocycles. The van der Waals surface area contributed by atoms with Crippen molar-refractivity contribution in [2.24, 2.45) is 28.6 Å². The number of morpholine rings is 1. The minimum absolute atomic E-state index is 0. The number of methoxy groups -OCH3 is 1. The molecule has 92 heavy (non-hydrogen) atoms. The van der Waals surface area contributed by atoms with Crippen molar-refractivity contribution >= 4 is 40.4 Å². The van der Waals surface area contributed by atoms with Gasteiger partial charge in [0.2, 0.25) is 5.91 Å². The fourth-order valence-corrected chi connectivity index (χ4v) is 15.3. The number of fused-ring (bicyclic) bond motifs is 2. The number of carbonyl (C=O) groups is 3. The lowest BCUT2D eigenvalue weighted by Crippen LogP contribution is -2.72. The van der Waals surface area contributed by atoms with E-state index in [-0.39, 0.29) is 74.8 Å². The Kier molecular flexibility index (Phi) is 32.2. The van der Waals surface area contributed by atoms with Gasteiger partial charge in [-0.05, 0) is 151 Å². The van der Waals surface area contributed by atoms with Gasteiger partial charge in [-0.15, -0.1) is 0 Å². The van der Waals surface area contributed by atoms with Crippen molar-refractivity contribution in [3.63, 3.8) is 0 Å². The molecular formula is C74H138N10O8. The number of likely N-dealkylation sites (N-methyl/N-ethyl adjacent to an activating group) is 1. The van der Waals surface area contributed by atoms with E-state index in [0.29, 0.717) is 62.0 Å². The fraction of sp³-hybridized carbons (Fsp3) is 0.797. The largest absolute Gasteiger partial charge is 0.467 e. The molecule has 10 heterocycles. The molecule has 2 aromatic rings. The van der Waals surface area contributed by atoms with Crippen molar-refractivity contribution < 1.29 is 40.9 Å². The van der Waals surface area contributed by atoms with Crippen molar-refractivity contribution in [3.05, 3.63) is 46.8 Å². The third-order valence-corrected chi connectivity index (χ3v) is 21.0. The Morgan fingerprint density at radius 3 is 2.23 bits per heavy atom. The summed E-state index contributed by atoms with van der Waals surface area (Å²) in [6, 6.07) is 7.86. The Hall–Kier alpha value is -4.11. The molecular weight excluding hydrogens is 1160 g/mol. The highest BCUT2D eigenvalue weighted by Gasteiger charge is 2.52. The van der Waals surface area contributed by atoms with Crippen LogP contribution in [-0.4, -0.2) is 234 Å². The van der Waals surface area contributed by atoms with Crippen molar-refractivity contribution in [1.29, 1.82) is 0 Å². The number of amides is 2. The number of piperidine rings is 2. The lowest BCUT2D eigenvalue weighted by atomic mass is 9.76. The predicted molar refractivity (Wildman–Crippen MR) is 385 cm³/mol. The van der Waals surface area contributed by atoms with E-state index in [1.807, 2.05) is 21.0 Å². The minimum Gasteiger partial charge on any atom is -0.467 e. The van der Waals surface area contributed by atoms with Gasteiger partial charge in [0.25, 0.3) is 12.4 Å². The van der Waals surface area contributed by atoms with Gasteiger partial charge in [-0.1, -0.05) is 85.6 Å². The number of ether oxygens (including phenoxy) is 5. The van der Waals surface area contributed by atoms with Crippen molar-refractivity contribution in [1.82, 2.24) is 44.8 Å². The second-order valence-electron chi connectivity index (χ2n) is 28.2. The molecule has 9 aliphatic rings. The maximum absolute atomic E-state index is 13.6. The lowest BCUT2D eigenvalue weighted by Gasteiger charge is -2.57. The summed E-state index contributed by atoms with van der Waals surface area (Å²) in [5.74, 6) is 1.74. The third-order valence-electron chi connectivity index (χ3n) is 21.0. The number of hydrazine groups is 1. The van der Waals surface area contributed by atoms with Gasteiger partial charge in [0.15, 0.2) is 0 Å². The van der Waals surface area contributed by atoms with Crippen LogP contribution < -0.4 is 15.6 Å². The van der Waals surface area contributed by atoms with Gasteiger partial charge < -0.3 is 43.4 Å². The Labute approximate surface area is 563 Å². The number of nitrogens with zero attached hydrogens (tertiary/aromatic N) is 8. The topological polar surface area (TPSA) is 149 Å². The quantitative estimate of drug-likeness (QED) is 0.102. The van der Waals surface area contributed by atoms with Crippen LogP contribution in [0.25, 0.3) is 16.5 Å². The SMILES string of the molecule is C.C.C.C.C.CC.CC(C)C(C)CN(C[C@@H]1CCCN1CC(=O)N[C@H](C(=O)N1CCCCN1)[C@@H](C)N1CC2(COC2)C1)C1COC1.CCn1c(C2=C([C@H](C)OC)N(C)CC([C@@H]3CCN4CCOC[C@@H]4C3)=C2)c(CC(C)(C)COC=O)c2cc(N3CCCCC3)ccc21.[HH].[HH]. The van der Waals surface area contributed by atoms with Crippen LogP contribution in [-0.2, 0) is 51.0 Å². The molecule has 0 saturated carbocycles. The number of likely N-dealkylation sites (tertiary alicyclic amines) is 2. The number of hydrogen-bond acceptors (Lipinski definition) is 15. The molecule has 8 saturated heterocycles. The molecule has 0 radical (unpaired) electrons. The van der Waals surface area contributed by atoms with Crippen LogP contribution in [0, 0.1) is 28.6 Å². The molecule has 9 aliphatic heterocycles. The first kappa shape index (κ1) is 80.3. The van der Waals surface area contributed by atoms with E-state index in [1.165, 1.54) is 70.4 Å². The third kappa shape index (κ3) is 18.9. The Balaban J connectivity index is 0.000000587. The molecule has 532 valence electrons. The highest BCUT2D eigenvalue weighted by Crippen LogP contribution is 2.44. The molecule has 1 aromatic carbocycles. The summed E-state index contributed by atoms with van der Waals surface area (Å²) < 4.78 is 30.9. The first-order valence-electron chi connectivity index (χ1n) is 34.2. The van der Waals surface area contributed by atoms with Crippen molar-refractivity contribution in [2.45, 2.75) is 213 Å². The van der Waals surface area contributed by atoms with Crippen LogP contribution in [0.2, 0.25) is 0 Å². The number of benzene rings is 1. The maximum atomic E-state index is 13.6. The van der Waals surface area contributed by atoms with Gasteiger partial charge >= 0.3 is 0 Å². The summed E-state index contributed by atoms with van der Waals surface area (Å²) >= 11 is 0. The molecule has 1 unspecified atom stereocenters. The van der Waals surface area contributed by atoms with Gasteiger partial charge in [-0.2, -0.15) is 0 Å². The van der Waals surface area contributed by atoms with E-state index in [0.717, 1.165) is 157 Å². The van der Waals surface area contributed by atoms with Gasteiger partial charge in [0.05, 0.1) is 76.3 Å². The summed E-state index contributed by atoms with van der Waals surface area (Å²) in [4.78, 5) is 53.4. The van der Waals surface area contributed by atoms with E-state index in [1.54, 1.807) is 5.01 Å². The number of aromatic nitrogens is 1. The molecule has 18 nitrogen and oxygen atoms in total. The zero-order chi connectivity index (χ0) is 62.0. The molecule has 1 aromatic heterocycles. The fourth-order valence-electron chi connectivity index (χ4n) is 15.3. The molecule has 1 spiro atoms. The van der Waals surface area contributed by atoms with E-state index in [9.17, 15) is 14.4 Å². The summed E-state index contributed by atoms with van der Waals surface area (Å²) in [5.41, 5.74) is 12.5. The zero-order valence-electron chi connectivity index (χ0n) is 55.8. The molecule has 11 rings (SSSR count). The highest BCUT2D eigenvalue weighted by molar-refractivity contribution is 5.95. The summed E-state index contributed by atoms with van der Waals surface area (Å²) in [6.45, 7) is 40.7. The van der Waals surface area contributed by atoms with E-state index >= 15 is 0 Å². The Morgan fingerprint density at radius 1 is 0.891 bits per heavy atom. The lowest BCUT2D eigenvalue weighted by molar-refractivity contribution is -0.200. The van der Waals surface area contributed by atoms with E-state index in [4.69, 9.17) is 23.7 Å². The van der Waals surface area contributed by atoms with Crippen LogP contribution >= 0.6 is 0 Å². The van der Waals surface area contributed by atoms with E-state index < -0.39 is 6.04 Å². The maximum Gasteiger partial charge on any atom is 0.293 e. The van der Waals surface area contributed by atoms with Gasteiger partial charge in [0.1, 0.15) is 6.04 Å². The Bertz CT molecular complexity index is 2650. The van der Waals surface area contributed by atoms with Gasteiger partial charge in [0, 0.05) is 140 Å². The average molecular weight is 1300 g/mol. The number of carbonyl (C=O) groups excluding carboxylic acids is 3. The normalized spacial score (nSPS) is 23.9. The first-order valence-corrected chi connectivity index (χ1v) is 34.2. The molecule has 2 N–H and O–H groups in total. The number of nitrogens with one attached hydrogen (secondary N) is 2. The summed E-state index contributed by atoms with van der Waals surface area (Å²) in [7, 11) is 4.06. The molecule has 7 atom stereocenters. The number of hydrogen-bond donors (Lipinski definition) is 2. The van der Waals surface area contributed by atoms with Crippen molar-refractivity contribution in [2.75, 3.05) is 150 Å². The number of anilines is 1. The Morgan fingerprint density at radius 2 is 1.61 bits per heavy atom. The molecule has 2 amide bonds. The number of allylic oxidation sites excluding steroid dienone is 2. The second-order valence-corrected chi connectivity index (χ2v) is 28.2. The van der Waals surface area contributed by atoms with Gasteiger partial charge in [-0.25, -0.2) is 5.43 Å². The summed E-state index contributed by atoms with van der Waals surface area (Å²) in [6.07, 6.45) is 13.7. The molecule has 0 bridgehead atoms.